The van der Waals surface area contributed by atoms with Gasteiger partial charge in [-0.15, -0.1) is 0 Å². The molecule has 0 saturated heterocycles. The molecule has 0 aliphatic heterocycles. The van der Waals surface area contributed by atoms with Gasteiger partial charge in [0.25, 0.3) is 0 Å². The molecule has 2 unspecified atom stereocenters. The molecule has 4 heteroatoms. The molecule has 1 aromatic heterocycles. The molecule has 0 aromatic carbocycles. The SMILES string of the molecule is CCCC(OCC)C(N)Cc1cc(CC)nn1C. The lowest BCUT2D eigenvalue weighted by atomic mass is 10.0. The Morgan fingerprint density at radius 2 is 2.11 bits per heavy atom. The highest BCUT2D eigenvalue weighted by molar-refractivity contribution is 5.11. The van der Waals surface area contributed by atoms with E-state index >= 15 is 0 Å². The van der Waals surface area contributed by atoms with Gasteiger partial charge in [-0.1, -0.05) is 20.3 Å². The predicted octanol–water partition coefficient (Wildman–Crippen LogP) is 2.06. The van der Waals surface area contributed by atoms with Gasteiger partial charge >= 0.3 is 0 Å². The highest BCUT2D eigenvalue weighted by atomic mass is 16.5. The summed E-state index contributed by atoms with van der Waals surface area (Å²) in [4.78, 5) is 0. The third kappa shape index (κ3) is 4.10. The van der Waals surface area contributed by atoms with E-state index in [2.05, 4.69) is 25.0 Å². The van der Waals surface area contributed by atoms with E-state index in [4.69, 9.17) is 10.5 Å². The molecule has 1 rings (SSSR count). The van der Waals surface area contributed by atoms with Crippen LogP contribution in [0.5, 0.6) is 0 Å². The second-order valence-corrected chi connectivity index (χ2v) is 4.75. The maximum atomic E-state index is 6.28. The number of rotatable bonds is 8. The fourth-order valence-corrected chi connectivity index (χ4v) is 2.23. The van der Waals surface area contributed by atoms with Crippen LogP contribution in [0.15, 0.2) is 6.07 Å². The van der Waals surface area contributed by atoms with Crippen LogP contribution in [0.1, 0.15) is 45.0 Å². The summed E-state index contributed by atoms with van der Waals surface area (Å²) in [5.74, 6) is 0. The van der Waals surface area contributed by atoms with E-state index in [0.717, 1.165) is 38.0 Å². The average Bonchev–Trinajstić information content (AvgIpc) is 2.70. The van der Waals surface area contributed by atoms with Crippen LogP contribution in [0.2, 0.25) is 0 Å². The van der Waals surface area contributed by atoms with E-state index in [9.17, 15) is 0 Å². The number of ether oxygens (including phenoxy) is 1. The first-order chi connectivity index (χ1) is 8.62. The summed E-state index contributed by atoms with van der Waals surface area (Å²) < 4.78 is 7.67. The van der Waals surface area contributed by atoms with Crippen molar-refractivity contribution < 1.29 is 4.74 Å². The van der Waals surface area contributed by atoms with Gasteiger partial charge in [0.2, 0.25) is 0 Å². The Bertz CT molecular complexity index is 343. The van der Waals surface area contributed by atoms with Crippen LogP contribution in [-0.2, 0) is 24.6 Å². The molecule has 1 aromatic rings. The van der Waals surface area contributed by atoms with Crippen molar-refractivity contribution in [2.45, 2.75) is 58.6 Å². The van der Waals surface area contributed by atoms with Gasteiger partial charge in [0.15, 0.2) is 0 Å². The highest BCUT2D eigenvalue weighted by Gasteiger charge is 2.19. The normalized spacial score (nSPS) is 14.7. The van der Waals surface area contributed by atoms with Crippen LogP contribution in [0.3, 0.4) is 0 Å². The number of hydrogen-bond acceptors (Lipinski definition) is 3. The highest BCUT2D eigenvalue weighted by Crippen LogP contribution is 2.12. The lowest BCUT2D eigenvalue weighted by Gasteiger charge is -2.23. The second-order valence-electron chi connectivity index (χ2n) is 4.75. The number of nitrogens with two attached hydrogens (primary N) is 1. The molecule has 2 N–H and O–H groups in total. The maximum absolute atomic E-state index is 6.28. The molecule has 4 nitrogen and oxygen atoms in total. The standard InChI is InChI=1S/C14H27N3O/c1-5-8-14(18-7-3)13(15)10-12-9-11(6-2)16-17(12)4/h9,13-14H,5-8,10,15H2,1-4H3. The average molecular weight is 253 g/mol. The molecule has 0 fully saturated rings. The predicted molar refractivity (Wildman–Crippen MR) is 74.6 cm³/mol. The fourth-order valence-electron chi connectivity index (χ4n) is 2.23. The fraction of sp³-hybridized carbons (Fsp3) is 0.786. The molecular weight excluding hydrogens is 226 g/mol. The van der Waals surface area contributed by atoms with E-state index in [1.807, 2.05) is 18.7 Å². The molecule has 18 heavy (non-hydrogen) atoms. The lowest BCUT2D eigenvalue weighted by molar-refractivity contribution is 0.0374. The third-order valence-corrected chi connectivity index (χ3v) is 3.27. The number of aryl methyl sites for hydroxylation is 2. The smallest absolute Gasteiger partial charge is 0.0729 e. The van der Waals surface area contributed by atoms with Crippen molar-refractivity contribution in [3.63, 3.8) is 0 Å². The molecule has 0 saturated carbocycles. The van der Waals surface area contributed by atoms with Crippen molar-refractivity contribution in [2.24, 2.45) is 12.8 Å². The Kier molecular flexibility index (Phi) is 6.36. The van der Waals surface area contributed by atoms with Crippen molar-refractivity contribution >= 4 is 0 Å². The van der Waals surface area contributed by atoms with Crippen molar-refractivity contribution in [1.82, 2.24) is 9.78 Å². The Hall–Kier alpha value is -0.870. The molecule has 104 valence electrons. The van der Waals surface area contributed by atoms with Crippen LogP contribution in [0, 0.1) is 0 Å². The third-order valence-electron chi connectivity index (χ3n) is 3.27. The van der Waals surface area contributed by atoms with Gasteiger partial charge in [0.1, 0.15) is 0 Å². The topological polar surface area (TPSA) is 53.1 Å². The molecule has 1 heterocycles. The summed E-state index contributed by atoms with van der Waals surface area (Å²) in [5.41, 5.74) is 8.60. The van der Waals surface area contributed by atoms with Gasteiger partial charge < -0.3 is 10.5 Å². The molecule has 0 aliphatic rings. The van der Waals surface area contributed by atoms with Gasteiger partial charge in [0.05, 0.1) is 11.8 Å². The van der Waals surface area contributed by atoms with Crippen LogP contribution in [0.25, 0.3) is 0 Å². The maximum Gasteiger partial charge on any atom is 0.0729 e. The van der Waals surface area contributed by atoms with Gasteiger partial charge in [-0.25, -0.2) is 0 Å². The molecule has 2 atom stereocenters. The number of hydrogen-bond donors (Lipinski definition) is 1. The van der Waals surface area contributed by atoms with Crippen LogP contribution in [-0.4, -0.2) is 28.5 Å². The first-order valence-electron chi connectivity index (χ1n) is 7.01. The number of aromatic nitrogens is 2. The molecule has 0 spiro atoms. The minimum absolute atomic E-state index is 0.0463. The van der Waals surface area contributed by atoms with E-state index in [1.54, 1.807) is 0 Å². The monoisotopic (exact) mass is 253 g/mol. The van der Waals surface area contributed by atoms with Crippen LogP contribution < -0.4 is 5.73 Å². The van der Waals surface area contributed by atoms with E-state index in [0.29, 0.717) is 0 Å². The summed E-state index contributed by atoms with van der Waals surface area (Å²) in [6.45, 7) is 7.03. The summed E-state index contributed by atoms with van der Waals surface area (Å²) in [5, 5.41) is 4.45. The van der Waals surface area contributed by atoms with Crippen molar-refractivity contribution in [2.75, 3.05) is 6.61 Å². The van der Waals surface area contributed by atoms with E-state index in [-0.39, 0.29) is 12.1 Å². The van der Waals surface area contributed by atoms with Gasteiger partial charge in [0, 0.05) is 31.8 Å². The number of nitrogens with zero attached hydrogens (tertiary/aromatic N) is 2. The molecule has 0 radical (unpaired) electrons. The summed E-state index contributed by atoms with van der Waals surface area (Å²) >= 11 is 0. The minimum atomic E-state index is 0.0463. The van der Waals surface area contributed by atoms with E-state index < -0.39 is 0 Å². The summed E-state index contributed by atoms with van der Waals surface area (Å²) in [7, 11) is 1.98. The zero-order chi connectivity index (χ0) is 13.5. The van der Waals surface area contributed by atoms with Gasteiger partial charge in [-0.05, 0) is 25.8 Å². The molecule has 0 amide bonds. The van der Waals surface area contributed by atoms with Gasteiger partial charge in [-0.2, -0.15) is 5.10 Å². The van der Waals surface area contributed by atoms with E-state index in [1.165, 1.54) is 5.69 Å². The zero-order valence-electron chi connectivity index (χ0n) is 12.1. The van der Waals surface area contributed by atoms with Crippen molar-refractivity contribution in [3.8, 4) is 0 Å². The molecule has 0 bridgehead atoms. The Labute approximate surface area is 111 Å². The van der Waals surface area contributed by atoms with Crippen LogP contribution >= 0.6 is 0 Å². The Balaban J connectivity index is 2.65. The first-order valence-corrected chi connectivity index (χ1v) is 7.01. The van der Waals surface area contributed by atoms with Gasteiger partial charge in [-0.3, -0.25) is 4.68 Å². The first kappa shape index (κ1) is 15.2. The lowest BCUT2D eigenvalue weighted by Crippen LogP contribution is -2.39. The molecule has 0 aliphatic carbocycles. The Morgan fingerprint density at radius 1 is 1.39 bits per heavy atom. The summed E-state index contributed by atoms with van der Waals surface area (Å²) in [6.07, 6.45) is 4.07. The largest absolute Gasteiger partial charge is 0.377 e. The minimum Gasteiger partial charge on any atom is -0.377 e. The zero-order valence-corrected chi connectivity index (χ0v) is 12.1. The Morgan fingerprint density at radius 3 is 2.61 bits per heavy atom. The molecular formula is C14H27N3O. The quantitative estimate of drug-likeness (QED) is 0.771. The van der Waals surface area contributed by atoms with Crippen molar-refractivity contribution in [3.05, 3.63) is 17.5 Å². The summed E-state index contributed by atoms with van der Waals surface area (Å²) in [6, 6.07) is 2.19. The van der Waals surface area contributed by atoms with Crippen LogP contribution in [0.4, 0.5) is 0 Å². The second kappa shape index (κ2) is 7.54. The van der Waals surface area contributed by atoms with Crippen molar-refractivity contribution in [1.29, 1.82) is 0 Å².